The van der Waals surface area contributed by atoms with Gasteiger partial charge in [-0.25, -0.2) is 4.79 Å². The SMILES string of the molecule is CCNC(=O)c1ccc(C(=O)OC[C@H](C)Cn2nc(CC)c3c2CCCOCCCNC3=O)cc1. The first-order chi connectivity index (χ1) is 16.9. The molecule has 3 rings (SSSR count). The van der Waals surface area contributed by atoms with Crippen LogP contribution in [0, 0.1) is 5.92 Å². The van der Waals surface area contributed by atoms with Crippen molar-refractivity contribution < 1.29 is 23.9 Å². The smallest absolute Gasteiger partial charge is 0.338 e. The zero-order valence-corrected chi connectivity index (χ0v) is 20.9. The van der Waals surface area contributed by atoms with Gasteiger partial charge in [0.1, 0.15) is 0 Å². The number of amides is 2. The van der Waals surface area contributed by atoms with Crippen molar-refractivity contribution in [3.63, 3.8) is 0 Å². The van der Waals surface area contributed by atoms with E-state index < -0.39 is 5.97 Å². The molecular weight excluding hydrogens is 448 g/mol. The van der Waals surface area contributed by atoms with Crippen molar-refractivity contribution >= 4 is 17.8 Å². The summed E-state index contributed by atoms with van der Waals surface area (Å²) in [5.74, 6) is -0.714. The zero-order chi connectivity index (χ0) is 25.2. The van der Waals surface area contributed by atoms with Crippen LogP contribution in [0.5, 0.6) is 0 Å². The summed E-state index contributed by atoms with van der Waals surface area (Å²) >= 11 is 0. The highest BCUT2D eigenvalue weighted by atomic mass is 16.5. The van der Waals surface area contributed by atoms with Crippen LogP contribution in [0.25, 0.3) is 0 Å². The van der Waals surface area contributed by atoms with Crippen molar-refractivity contribution in [1.29, 1.82) is 0 Å². The summed E-state index contributed by atoms with van der Waals surface area (Å²) in [6.07, 6.45) is 2.95. The van der Waals surface area contributed by atoms with Crippen LogP contribution in [-0.4, -0.2) is 60.5 Å². The summed E-state index contributed by atoms with van der Waals surface area (Å²) in [4.78, 5) is 37.3. The molecule has 0 fully saturated rings. The lowest BCUT2D eigenvalue weighted by molar-refractivity contribution is 0.0435. The summed E-state index contributed by atoms with van der Waals surface area (Å²) < 4.78 is 13.1. The van der Waals surface area contributed by atoms with Crippen LogP contribution in [0.1, 0.15) is 76.1 Å². The van der Waals surface area contributed by atoms with Gasteiger partial charge in [0.25, 0.3) is 11.8 Å². The number of esters is 1. The molecule has 1 aliphatic rings. The Kier molecular flexibility index (Phi) is 9.84. The Bertz CT molecular complexity index is 1020. The van der Waals surface area contributed by atoms with Gasteiger partial charge in [-0.2, -0.15) is 5.10 Å². The summed E-state index contributed by atoms with van der Waals surface area (Å²) in [5.41, 5.74) is 3.25. The van der Waals surface area contributed by atoms with E-state index in [0.29, 0.717) is 62.4 Å². The first kappa shape index (κ1) is 26.4. The molecule has 9 nitrogen and oxygen atoms in total. The molecule has 2 amide bonds. The Morgan fingerprint density at radius 1 is 1.17 bits per heavy atom. The van der Waals surface area contributed by atoms with Crippen LogP contribution in [0.2, 0.25) is 0 Å². The number of nitrogens with one attached hydrogen (secondary N) is 2. The molecule has 1 aromatic carbocycles. The number of fused-ring (bicyclic) bond motifs is 1. The molecule has 0 spiro atoms. The molecular formula is C26H36N4O5. The number of carbonyl (C=O) groups excluding carboxylic acids is 3. The summed E-state index contributed by atoms with van der Waals surface area (Å²) in [6, 6.07) is 6.41. The second-order valence-electron chi connectivity index (χ2n) is 8.77. The molecule has 0 saturated heterocycles. The maximum Gasteiger partial charge on any atom is 0.338 e. The van der Waals surface area contributed by atoms with Crippen LogP contribution in [0.4, 0.5) is 0 Å². The van der Waals surface area contributed by atoms with Crippen LogP contribution < -0.4 is 10.6 Å². The molecule has 0 bridgehead atoms. The predicted molar refractivity (Wildman–Crippen MR) is 132 cm³/mol. The fourth-order valence-corrected chi connectivity index (χ4v) is 4.04. The molecule has 1 atom stereocenters. The van der Waals surface area contributed by atoms with Gasteiger partial charge in [-0.05, 0) is 56.9 Å². The van der Waals surface area contributed by atoms with Crippen molar-refractivity contribution in [2.45, 2.75) is 53.0 Å². The van der Waals surface area contributed by atoms with E-state index in [1.807, 2.05) is 25.5 Å². The molecule has 9 heteroatoms. The van der Waals surface area contributed by atoms with Gasteiger partial charge in [-0.3, -0.25) is 14.3 Å². The molecule has 0 unspecified atom stereocenters. The molecule has 35 heavy (non-hydrogen) atoms. The third-order valence-electron chi connectivity index (χ3n) is 5.85. The van der Waals surface area contributed by atoms with Gasteiger partial charge >= 0.3 is 5.97 Å². The van der Waals surface area contributed by atoms with Gasteiger partial charge in [-0.15, -0.1) is 0 Å². The number of benzene rings is 1. The van der Waals surface area contributed by atoms with E-state index in [0.717, 1.165) is 24.2 Å². The Labute approximate surface area is 206 Å². The van der Waals surface area contributed by atoms with Gasteiger partial charge in [0.2, 0.25) is 0 Å². The average Bonchev–Trinajstić information content (AvgIpc) is 3.19. The molecule has 1 aliphatic heterocycles. The number of aryl methyl sites for hydroxylation is 1. The highest BCUT2D eigenvalue weighted by Crippen LogP contribution is 2.20. The Morgan fingerprint density at radius 2 is 1.89 bits per heavy atom. The quantitative estimate of drug-likeness (QED) is 0.558. The Morgan fingerprint density at radius 3 is 2.60 bits per heavy atom. The van der Waals surface area contributed by atoms with Crippen molar-refractivity contribution in [2.24, 2.45) is 5.92 Å². The lowest BCUT2D eigenvalue weighted by Crippen LogP contribution is -2.27. The number of nitrogens with zero attached hydrogens (tertiary/aromatic N) is 2. The minimum absolute atomic E-state index is 0.0141. The van der Waals surface area contributed by atoms with E-state index in [1.54, 1.807) is 24.3 Å². The molecule has 0 radical (unpaired) electrons. The first-order valence-electron chi connectivity index (χ1n) is 12.4. The number of aromatic nitrogens is 2. The second-order valence-corrected chi connectivity index (χ2v) is 8.77. The normalized spacial score (nSPS) is 15.3. The molecule has 190 valence electrons. The fourth-order valence-electron chi connectivity index (χ4n) is 4.04. The van der Waals surface area contributed by atoms with E-state index >= 15 is 0 Å². The minimum Gasteiger partial charge on any atom is -0.462 e. The third-order valence-corrected chi connectivity index (χ3v) is 5.85. The summed E-state index contributed by atoms with van der Waals surface area (Å²) in [6.45, 7) is 8.97. The van der Waals surface area contributed by atoms with Gasteiger partial charge in [0.05, 0.1) is 29.1 Å². The molecule has 1 aromatic heterocycles. The number of carbonyl (C=O) groups is 3. The van der Waals surface area contributed by atoms with Crippen LogP contribution >= 0.6 is 0 Å². The number of rotatable bonds is 8. The van der Waals surface area contributed by atoms with E-state index in [1.165, 1.54) is 0 Å². The van der Waals surface area contributed by atoms with Gasteiger partial charge in [-0.1, -0.05) is 13.8 Å². The van der Waals surface area contributed by atoms with E-state index in [4.69, 9.17) is 14.6 Å². The number of hydrogen-bond acceptors (Lipinski definition) is 6. The number of hydrogen-bond donors (Lipinski definition) is 2. The fraction of sp³-hybridized carbons (Fsp3) is 0.538. The second kappa shape index (κ2) is 13.0. The highest BCUT2D eigenvalue weighted by molar-refractivity contribution is 5.97. The molecule has 0 saturated carbocycles. The van der Waals surface area contributed by atoms with E-state index in [2.05, 4.69) is 10.6 Å². The standard InChI is InChI=1S/C26H36N4O5/c1-4-21-23-22(8-6-14-34-15-7-13-28-25(23)32)30(29-21)16-18(3)17-35-26(33)20-11-9-19(10-12-20)24(31)27-5-2/h9-12,18H,4-8,13-17H2,1-3H3,(H,27,31)(H,28,32)/t18-/m1/s1. The van der Waals surface area contributed by atoms with Crippen LogP contribution in [0.3, 0.4) is 0 Å². The summed E-state index contributed by atoms with van der Waals surface area (Å²) in [5, 5.41) is 10.4. The van der Waals surface area contributed by atoms with Crippen LogP contribution in [0.15, 0.2) is 24.3 Å². The Balaban J connectivity index is 1.65. The Hall–Kier alpha value is -3.20. The monoisotopic (exact) mass is 484 g/mol. The van der Waals surface area contributed by atoms with E-state index in [-0.39, 0.29) is 24.3 Å². The average molecular weight is 485 g/mol. The lowest BCUT2D eigenvalue weighted by Gasteiger charge is -2.15. The van der Waals surface area contributed by atoms with E-state index in [9.17, 15) is 14.4 Å². The molecule has 2 aromatic rings. The topological polar surface area (TPSA) is 112 Å². The maximum atomic E-state index is 12.9. The van der Waals surface area contributed by atoms with Gasteiger partial charge in [0.15, 0.2) is 0 Å². The highest BCUT2D eigenvalue weighted by Gasteiger charge is 2.24. The number of ether oxygens (including phenoxy) is 2. The van der Waals surface area contributed by atoms with Crippen molar-refractivity contribution in [3.05, 3.63) is 52.3 Å². The van der Waals surface area contributed by atoms with Crippen molar-refractivity contribution in [3.8, 4) is 0 Å². The maximum absolute atomic E-state index is 12.9. The summed E-state index contributed by atoms with van der Waals surface area (Å²) in [7, 11) is 0. The van der Waals surface area contributed by atoms with Crippen molar-refractivity contribution in [1.82, 2.24) is 20.4 Å². The van der Waals surface area contributed by atoms with Crippen molar-refractivity contribution in [2.75, 3.05) is 32.9 Å². The molecule has 0 aliphatic carbocycles. The zero-order valence-electron chi connectivity index (χ0n) is 20.9. The van der Waals surface area contributed by atoms with Gasteiger partial charge in [0, 0.05) is 44.3 Å². The molecule has 2 heterocycles. The molecule has 2 N–H and O–H groups in total. The van der Waals surface area contributed by atoms with Crippen LogP contribution in [-0.2, 0) is 28.9 Å². The largest absolute Gasteiger partial charge is 0.462 e. The first-order valence-corrected chi connectivity index (χ1v) is 12.4. The van der Waals surface area contributed by atoms with Gasteiger partial charge < -0.3 is 20.1 Å². The third kappa shape index (κ3) is 7.14. The minimum atomic E-state index is -0.440. The lowest BCUT2D eigenvalue weighted by atomic mass is 10.1. The predicted octanol–water partition coefficient (Wildman–Crippen LogP) is 2.77.